The van der Waals surface area contributed by atoms with Gasteiger partial charge < -0.3 is 10.1 Å². The number of aryl methyl sites for hydroxylation is 1. The Hall–Kier alpha value is -1.56. The van der Waals surface area contributed by atoms with Crippen molar-refractivity contribution in [2.45, 2.75) is 13.3 Å². The molecule has 1 amide bonds. The molecule has 0 aliphatic carbocycles. The first-order valence-electron chi connectivity index (χ1n) is 7.00. The van der Waals surface area contributed by atoms with Crippen LogP contribution in [0.4, 0.5) is 5.69 Å². The summed E-state index contributed by atoms with van der Waals surface area (Å²) in [7, 11) is 0. The monoisotopic (exact) mass is 429 g/mol. The van der Waals surface area contributed by atoms with Gasteiger partial charge in [-0.25, -0.2) is 0 Å². The Morgan fingerprint density at radius 1 is 1.17 bits per heavy atom. The van der Waals surface area contributed by atoms with Gasteiger partial charge in [0.2, 0.25) is 0 Å². The van der Waals surface area contributed by atoms with Crippen LogP contribution in [-0.4, -0.2) is 18.5 Å². The summed E-state index contributed by atoms with van der Waals surface area (Å²) in [6.07, 6.45) is -0.0302. The molecule has 0 radical (unpaired) electrons. The van der Waals surface area contributed by atoms with Gasteiger partial charge in [0.1, 0.15) is 0 Å². The van der Waals surface area contributed by atoms with Crippen LogP contribution < -0.4 is 5.32 Å². The minimum absolute atomic E-state index is 0.0302. The Balaban J connectivity index is 1.85. The minimum atomic E-state index is -0.544. The summed E-state index contributed by atoms with van der Waals surface area (Å²) in [5, 5.41) is 3.54. The summed E-state index contributed by atoms with van der Waals surface area (Å²) in [5.41, 5.74) is 2.27. The molecule has 0 unspecified atom stereocenters. The Morgan fingerprint density at radius 3 is 2.58 bits per heavy atom. The molecule has 0 saturated carbocycles. The van der Waals surface area contributed by atoms with Crippen molar-refractivity contribution in [1.29, 1.82) is 0 Å². The lowest BCUT2D eigenvalue weighted by molar-refractivity contribution is -0.146. The zero-order chi connectivity index (χ0) is 17.7. The van der Waals surface area contributed by atoms with Gasteiger partial charge in [-0.15, -0.1) is 0 Å². The van der Waals surface area contributed by atoms with Crippen LogP contribution in [0.1, 0.15) is 11.1 Å². The molecule has 2 aromatic rings. The van der Waals surface area contributed by atoms with Crippen molar-refractivity contribution in [3.8, 4) is 0 Å². The summed E-state index contributed by atoms with van der Waals surface area (Å²) >= 11 is 15.2. The van der Waals surface area contributed by atoms with Crippen molar-refractivity contribution in [3.63, 3.8) is 0 Å². The minimum Gasteiger partial charge on any atom is -0.455 e. The number of nitrogens with one attached hydrogen (secondary N) is 1. The second-order valence-corrected chi connectivity index (χ2v) is 6.80. The van der Waals surface area contributed by atoms with E-state index in [2.05, 4.69) is 21.2 Å². The molecule has 0 fully saturated rings. The Labute approximate surface area is 158 Å². The van der Waals surface area contributed by atoms with Crippen molar-refractivity contribution in [2.75, 3.05) is 11.9 Å². The van der Waals surface area contributed by atoms with Gasteiger partial charge in [0.25, 0.3) is 5.91 Å². The number of halogens is 3. The van der Waals surface area contributed by atoms with Crippen LogP contribution in [-0.2, 0) is 20.7 Å². The van der Waals surface area contributed by atoms with Crippen molar-refractivity contribution >= 4 is 56.7 Å². The highest BCUT2D eigenvalue weighted by molar-refractivity contribution is 9.10. The summed E-state index contributed by atoms with van der Waals surface area (Å²) in [6.45, 7) is 1.57. The highest BCUT2D eigenvalue weighted by Gasteiger charge is 2.12. The molecule has 0 aromatic heterocycles. The largest absolute Gasteiger partial charge is 0.455 e. The Bertz CT molecular complexity index is 715. The Morgan fingerprint density at radius 2 is 1.92 bits per heavy atom. The van der Waals surface area contributed by atoms with Crippen molar-refractivity contribution in [2.24, 2.45) is 0 Å². The van der Waals surface area contributed by atoms with Crippen LogP contribution in [0.25, 0.3) is 0 Å². The summed E-state index contributed by atoms with van der Waals surface area (Å²) in [4.78, 5) is 23.7. The van der Waals surface area contributed by atoms with Crippen molar-refractivity contribution in [3.05, 3.63) is 62.0 Å². The van der Waals surface area contributed by atoms with Crippen LogP contribution in [0.5, 0.6) is 0 Å². The molecular weight excluding hydrogens is 417 g/mol. The molecule has 24 heavy (non-hydrogen) atoms. The van der Waals surface area contributed by atoms with Crippen molar-refractivity contribution < 1.29 is 14.3 Å². The van der Waals surface area contributed by atoms with E-state index in [1.165, 1.54) is 0 Å². The van der Waals surface area contributed by atoms with Crippen molar-refractivity contribution in [1.82, 2.24) is 0 Å². The second-order valence-electron chi connectivity index (χ2n) is 5.10. The highest BCUT2D eigenvalue weighted by Crippen LogP contribution is 2.23. The second kappa shape index (κ2) is 8.51. The van der Waals surface area contributed by atoms with Gasteiger partial charge in [0.15, 0.2) is 6.61 Å². The molecule has 126 valence electrons. The average Bonchev–Trinajstić information content (AvgIpc) is 2.51. The number of benzene rings is 2. The average molecular weight is 431 g/mol. The summed E-state index contributed by atoms with van der Waals surface area (Å²) in [5.74, 6) is -0.965. The third-order valence-electron chi connectivity index (χ3n) is 3.11. The van der Waals surface area contributed by atoms with Gasteiger partial charge in [-0.3, -0.25) is 9.59 Å². The smallest absolute Gasteiger partial charge is 0.310 e. The zero-order valence-electron chi connectivity index (χ0n) is 12.7. The van der Waals surface area contributed by atoms with E-state index in [-0.39, 0.29) is 13.0 Å². The van der Waals surface area contributed by atoms with Crippen LogP contribution >= 0.6 is 39.1 Å². The van der Waals surface area contributed by atoms with Crippen LogP contribution in [0.3, 0.4) is 0 Å². The van der Waals surface area contributed by atoms with Gasteiger partial charge in [-0.1, -0.05) is 35.3 Å². The van der Waals surface area contributed by atoms with Gasteiger partial charge >= 0.3 is 5.97 Å². The molecule has 0 bridgehead atoms. The number of ether oxygens (including phenoxy) is 1. The number of carbonyl (C=O) groups excluding carboxylic acids is 2. The van der Waals surface area contributed by atoms with Gasteiger partial charge in [-0.05, 0) is 58.2 Å². The molecular formula is C17H14BrCl2NO3. The highest BCUT2D eigenvalue weighted by atomic mass is 79.9. The topological polar surface area (TPSA) is 55.4 Å². The molecule has 1 N–H and O–H groups in total. The normalized spacial score (nSPS) is 10.3. The summed E-state index contributed by atoms with van der Waals surface area (Å²) < 4.78 is 5.73. The fourth-order valence-electron chi connectivity index (χ4n) is 1.93. The first-order chi connectivity index (χ1) is 11.3. The number of esters is 1. The lowest BCUT2D eigenvalue weighted by Gasteiger charge is -2.09. The number of hydrogen-bond acceptors (Lipinski definition) is 3. The first kappa shape index (κ1) is 18.8. The molecule has 4 nitrogen and oxygen atoms in total. The van der Waals surface area contributed by atoms with Crippen LogP contribution in [0.2, 0.25) is 10.0 Å². The molecule has 0 aliphatic heterocycles. The number of hydrogen-bond donors (Lipinski definition) is 1. The van der Waals surface area contributed by atoms with E-state index in [4.69, 9.17) is 27.9 Å². The summed E-state index contributed by atoms with van der Waals surface area (Å²) in [6, 6.07) is 10.4. The predicted molar refractivity (Wildman–Crippen MR) is 98.6 cm³/mol. The standard InChI is InChI=1S/C17H14BrCl2NO3/c1-10-2-5-15(13(18)6-10)21-16(22)9-24-17(23)7-11-3-4-12(19)8-14(11)20/h2-6,8H,7,9H2,1H3,(H,21,22). The van der Waals surface area contributed by atoms with Gasteiger partial charge in [0, 0.05) is 14.5 Å². The maximum absolute atomic E-state index is 11.9. The maximum atomic E-state index is 11.9. The van der Waals surface area contributed by atoms with E-state index < -0.39 is 11.9 Å². The molecule has 0 saturated heterocycles. The predicted octanol–water partition coefficient (Wildman–Crippen LogP) is 4.79. The first-order valence-corrected chi connectivity index (χ1v) is 8.55. The van der Waals surface area contributed by atoms with Gasteiger partial charge in [-0.2, -0.15) is 0 Å². The lowest BCUT2D eigenvalue weighted by atomic mass is 10.1. The van der Waals surface area contributed by atoms with E-state index in [1.807, 2.05) is 19.1 Å². The third-order valence-corrected chi connectivity index (χ3v) is 4.36. The molecule has 0 spiro atoms. The van der Waals surface area contributed by atoms with E-state index >= 15 is 0 Å². The fraction of sp³-hybridized carbons (Fsp3) is 0.176. The zero-order valence-corrected chi connectivity index (χ0v) is 15.8. The number of anilines is 1. The third kappa shape index (κ3) is 5.51. The molecule has 0 heterocycles. The maximum Gasteiger partial charge on any atom is 0.310 e. The quantitative estimate of drug-likeness (QED) is 0.693. The van der Waals surface area contributed by atoms with Crippen LogP contribution in [0.15, 0.2) is 40.9 Å². The van der Waals surface area contributed by atoms with Crippen LogP contribution in [0, 0.1) is 6.92 Å². The molecule has 7 heteroatoms. The fourth-order valence-corrected chi connectivity index (χ4v) is 2.99. The Kier molecular flexibility index (Phi) is 6.66. The number of carbonyl (C=O) groups is 2. The number of rotatable bonds is 5. The number of amides is 1. The molecule has 2 rings (SSSR count). The molecule has 0 aliphatic rings. The van der Waals surface area contributed by atoms with E-state index in [0.717, 1.165) is 10.0 Å². The lowest BCUT2D eigenvalue weighted by Crippen LogP contribution is -2.21. The van der Waals surface area contributed by atoms with E-state index in [0.29, 0.717) is 21.3 Å². The SMILES string of the molecule is Cc1ccc(NC(=O)COC(=O)Cc2ccc(Cl)cc2Cl)c(Br)c1. The molecule has 0 atom stereocenters. The van der Waals surface area contributed by atoms with Gasteiger partial charge in [0.05, 0.1) is 12.1 Å². The van der Waals surface area contributed by atoms with E-state index in [9.17, 15) is 9.59 Å². The molecule has 2 aromatic carbocycles. The van der Waals surface area contributed by atoms with E-state index in [1.54, 1.807) is 24.3 Å².